The van der Waals surface area contributed by atoms with Crippen LogP contribution in [-0.4, -0.2) is 9.55 Å². The molecule has 0 atom stereocenters. The Labute approximate surface area is 130 Å². The predicted octanol–water partition coefficient (Wildman–Crippen LogP) is 5.13. The molecule has 3 heteroatoms. The molecule has 2 nitrogen and oxygen atoms in total. The van der Waals surface area contributed by atoms with Crippen molar-refractivity contribution in [2.45, 2.75) is 37.0 Å². The minimum absolute atomic E-state index is 0.919. The lowest BCUT2D eigenvalue weighted by Crippen LogP contribution is -2.02. The third kappa shape index (κ3) is 3.30. The molecule has 0 fully saturated rings. The summed E-state index contributed by atoms with van der Waals surface area (Å²) in [6.45, 7) is 3.29. The SMILES string of the molecule is CCCCn1c(CSc2ccccc2)nc2ccccc21. The zero-order valence-corrected chi connectivity index (χ0v) is 13.1. The highest BCUT2D eigenvalue weighted by molar-refractivity contribution is 7.98. The van der Waals surface area contributed by atoms with Gasteiger partial charge in [-0.15, -0.1) is 11.8 Å². The van der Waals surface area contributed by atoms with Crippen LogP contribution < -0.4 is 0 Å². The van der Waals surface area contributed by atoms with Crippen molar-refractivity contribution in [3.63, 3.8) is 0 Å². The van der Waals surface area contributed by atoms with E-state index in [0.29, 0.717) is 0 Å². The maximum atomic E-state index is 4.82. The molecule has 0 unspecified atom stereocenters. The van der Waals surface area contributed by atoms with Gasteiger partial charge in [-0.3, -0.25) is 0 Å². The summed E-state index contributed by atoms with van der Waals surface area (Å²) >= 11 is 1.85. The molecule has 0 spiro atoms. The molecule has 0 aliphatic heterocycles. The molecule has 0 saturated heterocycles. The lowest BCUT2D eigenvalue weighted by Gasteiger charge is -2.08. The fourth-order valence-electron chi connectivity index (χ4n) is 2.47. The Bertz CT molecular complexity index is 704. The molecular weight excluding hydrogens is 276 g/mol. The Kier molecular flexibility index (Phi) is 4.61. The smallest absolute Gasteiger partial charge is 0.120 e. The van der Waals surface area contributed by atoms with Gasteiger partial charge in [0.1, 0.15) is 5.82 Å². The van der Waals surface area contributed by atoms with Crippen LogP contribution in [0.4, 0.5) is 0 Å². The highest BCUT2D eigenvalue weighted by atomic mass is 32.2. The Hall–Kier alpha value is -1.74. The molecule has 3 aromatic rings. The van der Waals surface area contributed by atoms with Crippen molar-refractivity contribution in [3.8, 4) is 0 Å². The number of thioether (sulfide) groups is 1. The normalized spacial score (nSPS) is 11.1. The summed E-state index contributed by atoms with van der Waals surface area (Å²) in [5.74, 6) is 2.10. The van der Waals surface area contributed by atoms with Gasteiger partial charge in [-0.05, 0) is 30.7 Å². The average molecular weight is 296 g/mol. The molecule has 0 bridgehead atoms. The number of imidazole rings is 1. The number of hydrogen-bond acceptors (Lipinski definition) is 2. The number of unbranched alkanes of at least 4 members (excludes halogenated alkanes) is 1. The molecule has 0 aliphatic rings. The first kappa shape index (κ1) is 14.2. The molecule has 0 saturated carbocycles. The second kappa shape index (κ2) is 6.81. The Morgan fingerprint density at radius 3 is 2.57 bits per heavy atom. The number of rotatable bonds is 6. The van der Waals surface area contributed by atoms with E-state index in [4.69, 9.17) is 4.98 Å². The van der Waals surface area contributed by atoms with E-state index in [1.54, 1.807) is 0 Å². The second-order valence-electron chi connectivity index (χ2n) is 5.12. The van der Waals surface area contributed by atoms with Crippen LogP contribution in [0.3, 0.4) is 0 Å². The van der Waals surface area contributed by atoms with Crippen molar-refractivity contribution in [1.82, 2.24) is 9.55 Å². The molecule has 2 aromatic carbocycles. The van der Waals surface area contributed by atoms with Crippen LogP contribution in [0, 0.1) is 0 Å². The predicted molar refractivity (Wildman–Crippen MR) is 90.6 cm³/mol. The van der Waals surface area contributed by atoms with E-state index in [1.165, 1.54) is 29.1 Å². The lowest BCUT2D eigenvalue weighted by atomic mass is 10.3. The van der Waals surface area contributed by atoms with Crippen LogP contribution >= 0.6 is 11.8 Å². The van der Waals surface area contributed by atoms with E-state index < -0.39 is 0 Å². The van der Waals surface area contributed by atoms with Crippen molar-refractivity contribution in [2.75, 3.05) is 0 Å². The van der Waals surface area contributed by atoms with Crippen molar-refractivity contribution in [3.05, 3.63) is 60.4 Å². The zero-order chi connectivity index (χ0) is 14.5. The summed E-state index contributed by atoms with van der Waals surface area (Å²) in [7, 11) is 0. The van der Waals surface area contributed by atoms with Gasteiger partial charge in [0, 0.05) is 11.4 Å². The Morgan fingerprint density at radius 1 is 1.00 bits per heavy atom. The fourth-order valence-corrected chi connectivity index (χ4v) is 3.33. The highest BCUT2D eigenvalue weighted by Gasteiger charge is 2.10. The van der Waals surface area contributed by atoms with Gasteiger partial charge in [0.2, 0.25) is 0 Å². The summed E-state index contributed by atoms with van der Waals surface area (Å²) < 4.78 is 2.38. The number of aromatic nitrogens is 2. The summed E-state index contributed by atoms with van der Waals surface area (Å²) in [6.07, 6.45) is 2.40. The number of para-hydroxylation sites is 2. The van der Waals surface area contributed by atoms with E-state index in [0.717, 1.165) is 17.8 Å². The van der Waals surface area contributed by atoms with Crippen LogP contribution in [0.1, 0.15) is 25.6 Å². The average Bonchev–Trinajstić information content (AvgIpc) is 2.89. The number of fused-ring (bicyclic) bond motifs is 1. The van der Waals surface area contributed by atoms with Crippen LogP contribution in [0.5, 0.6) is 0 Å². The number of benzene rings is 2. The van der Waals surface area contributed by atoms with Gasteiger partial charge in [-0.1, -0.05) is 43.7 Å². The second-order valence-corrected chi connectivity index (χ2v) is 6.17. The van der Waals surface area contributed by atoms with E-state index in [-0.39, 0.29) is 0 Å². The molecule has 0 N–H and O–H groups in total. The standard InChI is InChI=1S/C18H20N2S/c1-2-3-13-20-17-12-8-7-11-16(17)19-18(20)14-21-15-9-5-4-6-10-15/h4-12H,2-3,13-14H2,1H3. The molecular formula is C18H20N2S. The summed E-state index contributed by atoms with van der Waals surface area (Å²) in [4.78, 5) is 6.12. The van der Waals surface area contributed by atoms with Crippen molar-refractivity contribution in [1.29, 1.82) is 0 Å². The summed E-state index contributed by atoms with van der Waals surface area (Å²) in [6, 6.07) is 19.0. The first-order valence-corrected chi connectivity index (χ1v) is 8.49. The molecule has 0 aliphatic carbocycles. The monoisotopic (exact) mass is 296 g/mol. The molecule has 1 heterocycles. The van der Waals surface area contributed by atoms with Crippen molar-refractivity contribution < 1.29 is 0 Å². The van der Waals surface area contributed by atoms with Gasteiger partial charge < -0.3 is 4.57 Å². The van der Waals surface area contributed by atoms with Gasteiger partial charge in [0.25, 0.3) is 0 Å². The van der Waals surface area contributed by atoms with E-state index in [2.05, 4.69) is 66.1 Å². The van der Waals surface area contributed by atoms with Crippen LogP contribution in [-0.2, 0) is 12.3 Å². The largest absolute Gasteiger partial charge is 0.327 e. The van der Waals surface area contributed by atoms with Crippen LogP contribution in [0.2, 0.25) is 0 Å². The summed E-state index contributed by atoms with van der Waals surface area (Å²) in [5.41, 5.74) is 2.37. The number of nitrogens with zero attached hydrogens (tertiary/aromatic N) is 2. The first-order chi connectivity index (χ1) is 10.4. The molecule has 1 aromatic heterocycles. The minimum Gasteiger partial charge on any atom is -0.327 e. The van der Waals surface area contributed by atoms with Gasteiger partial charge in [-0.2, -0.15) is 0 Å². The van der Waals surface area contributed by atoms with Crippen LogP contribution in [0.15, 0.2) is 59.5 Å². The number of hydrogen-bond donors (Lipinski definition) is 0. The highest BCUT2D eigenvalue weighted by Crippen LogP contribution is 2.25. The molecule has 108 valence electrons. The quantitative estimate of drug-likeness (QED) is 0.587. The molecule has 3 rings (SSSR count). The number of aryl methyl sites for hydroxylation is 1. The Morgan fingerprint density at radius 2 is 1.76 bits per heavy atom. The topological polar surface area (TPSA) is 17.8 Å². The third-order valence-electron chi connectivity index (χ3n) is 3.58. The lowest BCUT2D eigenvalue weighted by molar-refractivity contribution is 0.628. The molecule has 21 heavy (non-hydrogen) atoms. The maximum absolute atomic E-state index is 4.82. The van der Waals surface area contributed by atoms with Crippen molar-refractivity contribution >= 4 is 22.8 Å². The van der Waals surface area contributed by atoms with Gasteiger partial charge in [0.15, 0.2) is 0 Å². The fraction of sp³-hybridized carbons (Fsp3) is 0.278. The third-order valence-corrected chi connectivity index (χ3v) is 4.59. The van der Waals surface area contributed by atoms with E-state index in [1.807, 2.05) is 11.8 Å². The van der Waals surface area contributed by atoms with E-state index >= 15 is 0 Å². The zero-order valence-electron chi connectivity index (χ0n) is 12.3. The van der Waals surface area contributed by atoms with Gasteiger partial charge >= 0.3 is 0 Å². The molecule has 0 amide bonds. The van der Waals surface area contributed by atoms with Crippen molar-refractivity contribution in [2.24, 2.45) is 0 Å². The molecule has 0 radical (unpaired) electrons. The first-order valence-electron chi connectivity index (χ1n) is 7.50. The van der Waals surface area contributed by atoms with Crippen LogP contribution in [0.25, 0.3) is 11.0 Å². The maximum Gasteiger partial charge on any atom is 0.120 e. The minimum atomic E-state index is 0.919. The summed E-state index contributed by atoms with van der Waals surface area (Å²) in [5, 5.41) is 0. The van der Waals surface area contributed by atoms with Gasteiger partial charge in [0.05, 0.1) is 16.8 Å². The Balaban J connectivity index is 1.86. The van der Waals surface area contributed by atoms with Gasteiger partial charge in [-0.25, -0.2) is 4.98 Å². The van der Waals surface area contributed by atoms with E-state index in [9.17, 15) is 0 Å².